The molecule has 22 heavy (non-hydrogen) atoms. The third-order valence-electron chi connectivity index (χ3n) is 4.97. The van der Waals surface area contributed by atoms with Gasteiger partial charge in [-0.05, 0) is 30.2 Å². The molecular weight excluding hydrogens is 278 g/mol. The molecule has 0 radical (unpaired) electrons. The summed E-state index contributed by atoms with van der Waals surface area (Å²) in [4.78, 5) is 24.2. The topological polar surface area (TPSA) is 66.4 Å². The van der Waals surface area contributed by atoms with Gasteiger partial charge in [-0.25, -0.2) is 0 Å². The molecular formula is C18H21NO3. The first kappa shape index (κ1) is 14.8. The summed E-state index contributed by atoms with van der Waals surface area (Å²) in [7, 11) is 0. The van der Waals surface area contributed by atoms with Crippen LogP contribution >= 0.6 is 0 Å². The molecule has 5 atom stereocenters. The zero-order chi connectivity index (χ0) is 15.7. The molecule has 2 aliphatic carbocycles. The summed E-state index contributed by atoms with van der Waals surface area (Å²) in [5.74, 6) is -1.92. The number of carboxylic acid groups (broad SMARTS) is 1. The van der Waals surface area contributed by atoms with Gasteiger partial charge < -0.3 is 10.4 Å². The molecule has 4 heteroatoms. The van der Waals surface area contributed by atoms with E-state index in [2.05, 4.69) is 5.32 Å². The fourth-order valence-corrected chi connectivity index (χ4v) is 3.89. The van der Waals surface area contributed by atoms with E-state index < -0.39 is 17.8 Å². The van der Waals surface area contributed by atoms with Crippen LogP contribution in [-0.2, 0) is 9.59 Å². The third-order valence-corrected chi connectivity index (χ3v) is 4.97. The van der Waals surface area contributed by atoms with Crippen molar-refractivity contribution in [1.29, 1.82) is 0 Å². The van der Waals surface area contributed by atoms with Crippen LogP contribution < -0.4 is 5.32 Å². The molecule has 0 heterocycles. The number of aliphatic carboxylic acids is 1. The molecule has 1 aromatic carbocycles. The first-order valence-corrected chi connectivity index (χ1v) is 7.88. The summed E-state index contributed by atoms with van der Waals surface area (Å²) in [5.41, 5.74) is 1.06. The summed E-state index contributed by atoms with van der Waals surface area (Å²) < 4.78 is 0. The Balaban J connectivity index is 1.76. The molecule has 2 aliphatic rings. The number of fused-ring (bicyclic) bond motifs is 2. The maximum Gasteiger partial charge on any atom is 0.307 e. The van der Waals surface area contributed by atoms with Crippen LogP contribution in [0.3, 0.4) is 0 Å². The lowest BCUT2D eigenvalue weighted by atomic mass is 9.82. The highest BCUT2D eigenvalue weighted by Gasteiger charge is 2.51. The number of nitrogens with one attached hydrogen (secondary N) is 1. The lowest BCUT2D eigenvalue weighted by Crippen LogP contribution is -2.41. The highest BCUT2D eigenvalue weighted by Crippen LogP contribution is 2.48. The van der Waals surface area contributed by atoms with E-state index in [9.17, 15) is 14.7 Å². The van der Waals surface area contributed by atoms with Gasteiger partial charge in [0.25, 0.3) is 0 Å². The van der Waals surface area contributed by atoms with Crippen LogP contribution in [0.4, 0.5) is 0 Å². The van der Waals surface area contributed by atoms with Gasteiger partial charge in [-0.1, -0.05) is 49.4 Å². The van der Waals surface area contributed by atoms with E-state index in [0.29, 0.717) is 0 Å². The van der Waals surface area contributed by atoms with Gasteiger partial charge in [0.15, 0.2) is 0 Å². The van der Waals surface area contributed by atoms with Gasteiger partial charge >= 0.3 is 5.97 Å². The van der Waals surface area contributed by atoms with Gasteiger partial charge in [0, 0.05) is 0 Å². The van der Waals surface area contributed by atoms with Gasteiger partial charge in [-0.2, -0.15) is 0 Å². The number of rotatable bonds is 5. The predicted octanol–water partition coefficient (Wildman–Crippen LogP) is 2.78. The van der Waals surface area contributed by atoms with Crippen molar-refractivity contribution >= 4 is 11.9 Å². The minimum Gasteiger partial charge on any atom is -0.481 e. The van der Waals surface area contributed by atoms with E-state index in [-0.39, 0.29) is 23.8 Å². The van der Waals surface area contributed by atoms with Crippen molar-refractivity contribution < 1.29 is 14.7 Å². The van der Waals surface area contributed by atoms with Crippen LogP contribution in [0.15, 0.2) is 42.5 Å². The summed E-state index contributed by atoms with van der Waals surface area (Å²) in [6.07, 6.45) is 5.54. The van der Waals surface area contributed by atoms with Gasteiger partial charge in [0.05, 0.1) is 17.9 Å². The Morgan fingerprint density at radius 3 is 2.41 bits per heavy atom. The fourth-order valence-electron chi connectivity index (χ4n) is 3.89. The third kappa shape index (κ3) is 2.54. The second-order valence-corrected chi connectivity index (χ2v) is 6.22. The van der Waals surface area contributed by atoms with Crippen LogP contribution in [0.2, 0.25) is 0 Å². The summed E-state index contributed by atoms with van der Waals surface area (Å²) in [5, 5.41) is 12.5. The number of hydrogen-bond donors (Lipinski definition) is 2. The standard InChI is InChI=1S/C18H21NO3/c1-2-14(11-6-4-3-5-7-11)19-17(20)15-12-8-9-13(10-12)16(15)18(21)22/h3-9,12-16H,2,10H2,1H3,(H,19,20)(H,21,22)/t12-,13-,14+,15+,16-/m0/s1. The highest BCUT2D eigenvalue weighted by molar-refractivity contribution is 5.87. The number of amides is 1. The first-order chi connectivity index (χ1) is 10.6. The van der Waals surface area contributed by atoms with Crippen molar-refractivity contribution in [3.05, 3.63) is 48.0 Å². The van der Waals surface area contributed by atoms with Crippen LogP contribution in [-0.4, -0.2) is 17.0 Å². The predicted molar refractivity (Wildman–Crippen MR) is 83.0 cm³/mol. The van der Waals surface area contributed by atoms with Gasteiger partial charge in [-0.15, -0.1) is 0 Å². The molecule has 0 unspecified atom stereocenters. The molecule has 1 fully saturated rings. The summed E-state index contributed by atoms with van der Waals surface area (Å²) in [6.45, 7) is 2.02. The van der Waals surface area contributed by atoms with E-state index in [1.165, 1.54) is 0 Å². The summed E-state index contributed by atoms with van der Waals surface area (Å²) in [6, 6.07) is 9.76. The van der Waals surface area contributed by atoms with Crippen molar-refractivity contribution in [3.8, 4) is 0 Å². The van der Waals surface area contributed by atoms with Crippen LogP contribution in [0, 0.1) is 23.7 Å². The normalized spacial score (nSPS) is 30.2. The van der Waals surface area contributed by atoms with E-state index in [1.807, 2.05) is 49.4 Å². The number of carbonyl (C=O) groups is 2. The lowest BCUT2D eigenvalue weighted by Gasteiger charge is -2.26. The van der Waals surface area contributed by atoms with Crippen LogP contribution in [0.5, 0.6) is 0 Å². The van der Waals surface area contributed by atoms with Crippen molar-refractivity contribution in [2.45, 2.75) is 25.8 Å². The first-order valence-electron chi connectivity index (χ1n) is 7.88. The molecule has 1 amide bonds. The molecule has 4 nitrogen and oxygen atoms in total. The quantitative estimate of drug-likeness (QED) is 0.822. The van der Waals surface area contributed by atoms with Crippen molar-refractivity contribution in [2.24, 2.45) is 23.7 Å². The molecule has 1 aromatic rings. The molecule has 0 saturated heterocycles. The van der Waals surface area contributed by atoms with Crippen LogP contribution in [0.1, 0.15) is 31.4 Å². The Hall–Kier alpha value is -2.10. The second kappa shape index (κ2) is 5.95. The SMILES string of the molecule is CC[C@@H](NC(=O)[C@H]1[C@@H](C(=O)O)[C@H]2C=C[C@H]1C2)c1ccccc1. The van der Waals surface area contributed by atoms with Crippen molar-refractivity contribution in [1.82, 2.24) is 5.32 Å². The Bertz CT molecular complexity index is 596. The summed E-state index contributed by atoms with van der Waals surface area (Å²) >= 11 is 0. The average Bonchev–Trinajstić information content (AvgIpc) is 3.14. The number of allylic oxidation sites excluding steroid dienone is 2. The van der Waals surface area contributed by atoms with Crippen molar-refractivity contribution in [3.63, 3.8) is 0 Å². The fraction of sp³-hybridized carbons (Fsp3) is 0.444. The number of carbonyl (C=O) groups excluding carboxylic acids is 1. The minimum absolute atomic E-state index is 0.00931. The molecule has 3 rings (SSSR count). The molecule has 1 saturated carbocycles. The Kier molecular flexibility index (Phi) is 4.01. The highest BCUT2D eigenvalue weighted by atomic mass is 16.4. The number of benzene rings is 1. The smallest absolute Gasteiger partial charge is 0.307 e. The monoisotopic (exact) mass is 299 g/mol. The van der Waals surface area contributed by atoms with E-state index in [4.69, 9.17) is 0 Å². The molecule has 2 N–H and O–H groups in total. The van der Waals surface area contributed by atoms with E-state index >= 15 is 0 Å². The maximum atomic E-state index is 12.7. The van der Waals surface area contributed by atoms with Gasteiger partial charge in [0.2, 0.25) is 5.91 Å². The maximum absolute atomic E-state index is 12.7. The largest absolute Gasteiger partial charge is 0.481 e. The van der Waals surface area contributed by atoms with Crippen LogP contribution in [0.25, 0.3) is 0 Å². The van der Waals surface area contributed by atoms with E-state index in [0.717, 1.165) is 18.4 Å². The lowest BCUT2D eigenvalue weighted by molar-refractivity contribution is -0.148. The molecule has 0 aromatic heterocycles. The second-order valence-electron chi connectivity index (χ2n) is 6.22. The van der Waals surface area contributed by atoms with Crippen molar-refractivity contribution in [2.75, 3.05) is 0 Å². The Labute approximate surface area is 130 Å². The Morgan fingerprint density at radius 1 is 1.18 bits per heavy atom. The average molecular weight is 299 g/mol. The zero-order valence-electron chi connectivity index (χ0n) is 12.6. The van der Waals surface area contributed by atoms with E-state index in [1.54, 1.807) is 0 Å². The number of hydrogen-bond acceptors (Lipinski definition) is 2. The van der Waals surface area contributed by atoms with Gasteiger partial charge in [-0.3, -0.25) is 9.59 Å². The molecule has 2 bridgehead atoms. The number of carboxylic acids is 1. The molecule has 0 spiro atoms. The Morgan fingerprint density at radius 2 is 1.82 bits per heavy atom. The minimum atomic E-state index is -0.857. The molecule has 116 valence electrons. The molecule has 0 aliphatic heterocycles. The zero-order valence-corrected chi connectivity index (χ0v) is 12.6. The van der Waals surface area contributed by atoms with Gasteiger partial charge in [0.1, 0.15) is 0 Å².